The molecule has 5 nitrogen and oxygen atoms in total. The molecule has 132 valence electrons. The average Bonchev–Trinajstić information content (AvgIpc) is 3.02. The lowest BCUT2D eigenvalue weighted by Gasteiger charge is -2.33. The number of nitrogens with zero attached hydrogens (tertiary/aromatic N) is 3. The first-order valence-corrected chi connectivity index (χ1v) is 10.7. The Bertz CT molecular complexity index is 763. The standard InChI is InChI=1S/C18H21N3O2S2/c22-17(20-4-6-23-7-5-20)15-9-14-18(21(15)10-12-1-2-12)25-16(19-14)13-3-8-24-11-13/h3,8,11-12,15H,1-2,4-7,9-10H2/t15-/m1/s1. The molecule has 4 heterocycles. The Morgan fingerprint density at radius 2 is 2.16 bits per heavy atom. The second kappa shape index (κ2) is 6.37. The van der Waals surface area contributed by atoms with Crippen molar-refractivity contribution in [3.05, 3.63) is 22.5 Å². The number of thiazole rings is 1. The van der Waals surface area contributed by atoms with E-state index in [2.05, 4.69) is 21.7 Å². The van der Waals surface area contributed by atoms with Crippen LogP contribution in [0.3, 0.4) is 0 Å². The Labute approximate surface area is 155 Å². The van der Waals surface area contributed by atoms with Crippen LogP contribution in [0, 0.1) is 5.92 Å². The van der Waals surface area contributed by atoms with E-state index < -0.39 is 0 Å². The highest BCUT2D eigenvalue weighted by Crippen LogP contribution is 2.44. The predicted molar refractivity (Wildman–Crippen MR) is 100 cm³/mol. The molecule has 2 aromatic heterocycles. The van der Waals surface area contributed by atoms with Gasteiger partial charge in [-0.2, -0.15) is 11.3 Å². The summed E-state index contributed by atoms with van der Waals surface area (Å²) in [5.74, 6) is 1.00. The molecule has 7 heteroatoms. The minimum atomic E-state index is -0.0658. The zero-order chi connectivity index (χ0) is 16.8. The van der Waals surface area contributed by atoms with E-state index >= 15 is 0 Å². The molecule has 0 aromatic carbocycles. The Hall–Kier alpha value is -1.44. The van der Waals surface area contributed by atoms with Gasteiger partial charge in [0.1, 0.15) is 16.1 Å². The van der Waals surface area contributed by atoms with E-state index in [1.807, 2.05) is 4.90 Å². The van der Waals surface area contributed by atoms with Gasteiger partial charge in [0.05, 0.1) is 18.9 Å². The lowest BCUT2D eigenvalue weighted by Crippen LogP contribution is -2.51. The number of hydrogen-bond donors (Lipinski definition) is 0. The Kier molecular flexibility index (Phi) is 4.03. The summed E-state index contributed by atoms with van der Waals surface area (Å²) < 4.78 is 5.40. The number of anilines is 1. The molecule has 25 heavy (non-hydrogen) atoms. The fourth-order valence-corrected chi connectivity index (χ4v) is 5.51. The summed E-state index contributed by atoms with van der Waals surface area (Å²) in [6.45, 7) is 3.74. The third-order valence-corrected chi connectivity index (χ3v) is 7.10. The minimum Gasteiger partial charge on any atom is -0.378 e. The molecule has 0 radical (unpaired) electrons. The van der Waals surface area contributed by atoms with Crippen LogP contribution in [-0.4, -0.2) is 54.7 Å². The van der Waals surface area contributed by atoms with E-state index in [0.29, 0.717) is 26.3 Å². The van der Waals surface area contributed by atoms with Crippen LogP contribution in [0.25, 0.3) is 10.6 Å². The third-order valence-electron chi connectivity index (χ3n) is 5.23. The monoisotopic (exact) mass is 375 g/mol. The topological polar surface area (TPSA) is 45.7 Å². The van der Waals surface area contributed by atoms with E-state index in [1.54, 1.807) is 22.7 Å². The number of carbonyl (C=O) groups excluding carboxylic acids is 1. The number of fused-ring (bicyclic) bond motifs is 1. The molecule has 1 saturated carbocycles. The molecule has 1 atom stereocenters. The quantitative estimate of drug-likeness (QED) is 0.824. The summed E-state index contributed by atoms with van der Waals surface area (Å²) in [7, 11) is 0. The maximum absolute atomic E-state index is 13.1. The van der Waals surface area contributed by atoms with E-state index in [1.165, 1.54) is 23.4 Å². The summed E-state index contributed by atoms with van der Waals surface area (Å²) in [6, 6.07) is 2.06. The molecule has 3 aliphatic rings. The van der Waals surface area contributed by atoms with E-state index in [9.17, 15) is 4.79 Å². The Morgan fingerprint density at radius 3 is 2.88 bits per heavy atom. The van der Waals surface area contributed by atoms with Crippen molar-refractivity contribution in [2.24, 2.45) is 5.92 Å². The number of carbonyl (C=O) groups is 1. The molecule has 2 fully saturated rings. The van der Waals surface area contributed by atoms with Gasteiger partial charge < -0.3 is 14.5 Å². The number of aromatic nitrogens is 1. The molecule has 2 aliphatic heterocycles. The van der Waals surface area contributed by atoms with Gasteiger partial charge in [-0.25, -0.2) is 4.98 Å². The van der Waals surface area contributed by atoms with Crippen molar-refractivity contribution in [2.45, 2.75) is 25.3 Å². The van der Waals surface area contributed by atoms with Crippen LogP contribution in [0.15, 0.2) is 16.8 Å². The van der Waals surface area contributed by atoms with Gasteiger partial charge in [0.25, 0.3) is 0 Å². The molecule has 1 saturated heterocycles. The zero-order valence-electron chi connectivity index (χ0n) is 14.0. The average molecular weight is 376 g/mol. The van der Waals surface area contributed by atoms with Gasteiger partial charge in [-0.05, 0) is 30.2 Å². The van der Waals surface area contributed by atoms with Gasteiger partial charge in [-0.1, -0.05) is 11.3 Å². The van der Waals surface area contributed by atoms with Gasteiger partial charge in [0, 0.05) is 37.0 Å². The highest BCUT2D eigenvalue weighted by Gasteiger charge is 2.41. The SMILES string of the molecule is O=C([C@H]1Cc2nc(-c3ccsc3)sc2N1CC1CC1)N1CCOCC1. The number of ether oxygens (including phenoxy) is 1. The largest absolute Gasteiger partial charge is 0.378 e. The van der Waals surface area contributed by atoms with Crippen LogP contribution in [-0.2, 0) is 16.0 Å². The van der Waals surface area contributed by atoms with Crippen LogP contribution < -0.4 is 4.90 Å². The van der Waals surface area contributed by atoms with Crippen LogP contribution in [0.5, 0.6) is 0 Å². The van der Waals surface area contributed by atoms with Crippen molar-refractivity contribution in [1.82, 2.24) is 9.88 Å². The van der Waals surface area contributed by atoms with E-state index in [4.69, 9.17) is 9.72 Å². The molecule has 0 bridgehead atoms. The van der Waals surface area contributed by atoms with E-state index in [-0.39, 0.29) is 11.9 Å². The summed E-state index contributed by atoms with van der Waals surface area (Å²) in [4.78, 5) is 22.3. The van der Waals surface area contributed by atoms with Crippen LogP contribution in [0.4, 0.5) is 5.00 Å². The second-order valence-electron chi connectivity index (χ2n) is 7.04. The molecule has 0 N–H and O–H groups in total. The highest BCUT2D eigenvalue weighted by atomic mass is 32.1. The van der Waals surface area contributed by atoms with Crippen molar-refractivity contribution in [1.29, 1.82) is 0 Å². The molecule has 0 unspecified atom stereocenters. The number of thiophene rings is 1. The van der Waals surface area contributed by atoms with Crippen molar-refractivity contribution in [3.63, 3.8) is 0 Å². The maximum atomic E-state index is 13.1. The summed E-state index contributed by atoms with van der Waals surface area (Å²) in [5.41, 5.74) is 2.31. The fourth-order valence-electron chi connectivity index (χ4n) is 3.65. The maximum Gasteiger partial charge on any atom is 0.245 e. The smallest absolute Gasteiger partial charge is 0.245 e. The van der Waals surface area contributed by atoms with Gasteiger partial charge in [0.15, 0.2) is 0 Å². The highest BCUT2D eigenvalue weighted by molar-refractivity contribution is 7.19. The summed E-state index contributed by atoms with van der Waals surface area (Å²) in [6.07, 6.45) is 3.33. The van der Waals surface area contributed by atoms with Crippen LogP contribution in [0.1, 0.15) is 18.5 Å². The fraction of sp³-hybridized carbons (Fsp3) is 0.556. The normalized spacial score (nSPS) is 23.1. The first-order chi connectivity index (χ1) is 12.3. The number of hydrogen-bond acceptors (Lipinski definition) is 6. The summed E-state index contributed by atoms with van der Waals surface area (Å²) >= 11 is 3.45. The zero-order valence-corrected chi connectivity index (χ0v) is 15.7. The van der Waals surface area contributed by atoms with Gasteiger partial charge >= 0.3 is 0 Å². The van der Waals surface area contributed by atoms with Crippen molar-refractivity contribution in [2.75, 3.05) is 37.7 Å². The van der Waals surface area contributed by atoms with Crippen molar-refractivity contribution in [3.8, 4) is 10.6 Å². The number of amides is 1. The summed E-state index contributed by atoms with van der Waals surface area (Å²) in [5, 5.41) is 6.55. The molecular formula is C18H21N3O2S2. The number of morpholine rings is 1. The van der Waals surface area contributed by atoms with Gasteiger partial charge in [-0.15, -0.1) is 0 Å². The van der Waals surface area contributed by atoms with Crippen LogP contribution >= 0.6 is 22.7 Å². The van der Waals surface area contributed by atoms with Gasteiger partial charge in [0.2, 0.25) is 5.91 Å². The first kappa shape index (κ1) is 15.8. The van der Waals surface area contributed by atoms with Crippen molar-refractivity contribution < 1.29 is 9.53 Å². The Morgan fingerprint density at radius 1 is 1.32 bits per heavy atom. The number of rotatable bonds is 4. The molecule has 1 aliphatic carbocycles. The van der Waals surface area contributed by atoms with Crippen molar-refractivity contribution >= 4 is 33.6 Å². The Balaban J connectivity index is 1.42. The third kappa shape index (κ3) is 2.98. The lowest BCUT2D eigenvalue weighted by atomic mass is 10.1. The molecule has 5 rings (SSSR count). The molecule has 2 aromatic rings. The van der Waals surface area contributed by atoms with E-state index in [0.717, 1.165) is 29.6 Å². The predicted octanol–water partition coefficient (Wildman–Crippen LogP) is 2.87. The second-order valence-corrected chi connectivity index (χ2v) is 8.79. The minimum absolute atomic E-state index is 0.0658. The van der Waals surface area contributed by atoms with Crippen LogP contribution in [0.2, 0.25) is 0 Å². The van der Waals surface area contributed by atoms with Gasteiger partial charge in [-0.3, -0.25) is 4.79 Å². The first-order valence-electron chi connectivity index (χ1n) is 8.95. The molecule has 1 amide bonds. The molecular weight excluding hydrogens is 354 g/mol. The lowest BCUT2D eigenvalue weighted by molar-refractivity contribution is -0.136. The molecule has 0 spiro atoms.